The molecule has 0 unspecified atom stereocenters. The predicted molar refractivity (Wildman–Crippen MR) is 97.4 cm³/mol. The van der Waals surface area contributed by atoms with Crippen molar-refractivity contribution in [1.82, 2.24) is 14.8 Å². The van der Waals surface area contributed by atoms with Crippen molar-refractivity contribution < 1.29 is 14.3 Å². The lowest BCUT2D eigenvalue weighted by Gasteiger charge is -2.29. The van der Waals surface area contributed by atoms with Gasteiger partial charge in [0.05, 0.1) is 0 Å². The topological polar surface area (TPSA) is 54.9 Å². The number of hydrogen-bond acceptors (Lipinski definition) is 5. The summed E-state index contributed by atoms with van der Waals surface area (Å²) in [4.78, 5) is 21.1. The molecule has 4 rings (SSSR count). The molecule has 2 aliphatic rings. The van der Waals surface area contributed by atoms with Crippen LogP contribution in [0.4, 0.5) is 0 Å². The van der Waals surface area contributed by atoms with E-state index in [1.165, 1.54) is 5.56 Å². The Bertz CT molecular complexity index is 794. The molecule has 0 saturated heterocycles. The van der Waals surface area contributed by atoms with Gasteiger partial charge in [0, 0.05) is 37.6 Å². The summed E-state index contributed by atoms with van der Waals surface area (Å²) in [5.74, 6) is 1.52. The van der Waals surface area contributed by atoms with Crippen LogP contribution in [0.25, 0.3) is 0 Å². The van der Waals surface area contributed by atoms with E-state index in [9.17, 15) is 4.79 Å². The quantitative estimate of drug-likeness (QED) is 0.798. The van der Waals surface area contributed by atoms with Crippen LogP contribution < -0.4 is 9.47 Å². The number of carbonyl (C=O) groups excluding carboxylic acids is 1. The minimum Gasteiger partial charge on any atom is -0.454 e. The van der Waals surface area contributed by atoms with Gasteiger partial charge in [0.25, 0.3) is 5.91 Å². The third-order valence-electron chi connectivity index (χ3n) is 4.91. The number of aromatic nitrogens is 1. The maximum absolute atomic E-state index is 12.8. The molecule has 0 aliphatic carbocycles. The van der Waals surface area contributed by atoms with E-state index in [1.807, 2.05) is 29.3 Å². The van der Waals surface area contributed by atoms with Crippen LogP contribution in [-0.4, -0.2) is 54.2 Å². The van der Waals surface area contributed by atoms with Gasteiger partial charge in [0.15, 0.2) is 11.5 Å². The first kappa shape index (κ1) is 16.8. The SMILES string of the molecule is CN(CCCN1CCc2cc3c(cc2C1=O)OCO3)Cc1cccnc1. The zero-order valence-corrected chi connectivity index (χ0v) is 15.0. The van der Waals surface area contributed by atoms with Gasteiger partial charge in [-0.2, -0.15) is 0 Å². The van der Waals surface area contributed by atoms with Crippen LogP contribution in [0, 0.1) is 0 Å². The highest BCUT2D eigenvalue weighted by atomic mass is 16.7. The molecule has 0 atom stereocenters. The normalized spacial score (nSPS) is 15.5. The largest absolute Gasteiger partial charge is 0.454 e. The summed E-state index contributed by atoms with van der Waals surface area (Å²) in [6, 6.07) is 7.83. The van der Waals surface area contributed by atoms with Crippen molar-refractivity contribution in [2.24, 2.45) is 0 Å². The molecule has 0 saturated carbocycles. The monoisotopic (exact) mass is 353 g/mol. The summed E-state index contributed by atoms with van der Waals surface area (Å²) in [5.41, 5.74) is 3.02. The smallest absolute Gasteiger partial charge is 0.254 e. The zero-order valence-electron chi connectivity index (χ0n) is 15.0. The minimum atomic E-state index is 0.0967. The van der Waals surface area contributed by atoms with E-state index in [4.69, 9.17) is 9.47 Å². The molecule has 1 aromatic heterocycles. The molecule has 0 bridgehead atoms. The Hall–Kier alpha value is -2.60. The van der Waals surface area contributed by atoms with E-state index in [-0.39, 0.29) is 12.7 Å². The van der Waals surface area contributed by atoms with Gasteiger partial charge in [-0.3, -0.25) is 9.78 Å². The molecule has 0 N–H and O–H groups in total. The Morgan fingerprint density at radius 1 is 1.27 bits per heavy atom. The minimum absolute atomic E-state index is 0.0967. The Balaban J connectivity index is 1.31. The molecule has 1 amide bonds. The summed E-state index contributed by atoms with van der Waals surface area (Å²) < 4.78 is 10.8. The van der Waals surface area contributed by atoms with E-state index in [1.54, 1.807) is 6.20 Å². The van der Waals surface area contributed by atoms with Gasteiger partial charge in [0.1, 0.15) is 0 Å². The molecule has 0 spiro atoms. The van der Waals surface area contributed by atoms with Gasteiger partial charge in [0.2, 0.25) is 6.79 Å². The average molecular weight is 353 g/mol. The van der Waals surface area contributed by atoms with Crippen molar-refractivity contribution >= 4 is 5.91 Å². The Kier molecular flexibility index (Phi) is 4.75. The molecule has 6 heteroatoms. The van der Waals surface area contributed by atoms with Crippen molar-refractivity contribution in [2.75, 3.05) is 33.5 Å². The number of benzene rings is 1. The maximum atomic E-state index is 12.8. The summed E-state index contributed by atoms with van der Waals surface area (Å²) in [7, 11) is 2.10. The van der Waals surface area contributed by atoms with Gasteiger partial charge in [-0.15, -0.1) is 0 Å². The first-order valence-electron chi connectivity index (χ1n) is 9.00. The molecule has 26 heavy (non-hydrogen) atoms. The molecule has 3 heterocycles. The fourth-order valence-corrected chi connectivity index (χ4v) is 3.54. The number of pyridine rings is 1. The van der Waals surface area contributed by atoms with Gasteiger partial charge in [-0.25, -0.2) is 0 Å². The molecule has 2 aliphatic heterocycles. The summed E-state index contributed by atoms with van der Waals surface area (Å²) in [6.45, 7) is 3.57. The van der Waals surface area contributed by atoms with Crippen molar-refractivity contribution in [3.8, 4) is 11.5 Å². The van der Waals surface area contributed by atoms with Crippen molar-refractivity contribution in [2.45, 2.75) is 19.4 Å². The van der Waals surface area contributed by atoms with Gasteiger partial charge in [-0.1, -0.05) is 6.07 Å². The van der Waals surface area contributed by atoms with Crippen LogP contribution in [0.2, 0.25) is 0 Å². The second-order valence-electron chi connectivity index (χ2n) is 6.86. The lowest BCUT2D eigenvalue weighted by atomic mass is 9.98. The van der Waals surface area contributed by atoms with E-state index in [2.05, 4.69) is 23.0 Å². The molecular formula is C20H23N3O3. The van der Waals surface area contributed by atoms with E-state index in [0.717, 1.165) is 55.9 Å². The lowest BCUT2D eigenvalue weighted by molar-refractivity contribution is 0.0732. The number of amides is 1. The van der Waals surface area contributed by atoms with Gasteiger partial charge < -0.3 is 19.3 Å². The molecule has 1 aromatic carbocycles. The highest BCUT2D eigenvalue weighted by molar-refractivity contribution is 5.97. The van der Waals surface area contributed by atoms with Crippen LogP contribution >= 0.6 is 0 Å². The molecule has 136 valence electrons. The lowest BCUT2D eigenvalue weighted by Crippen LogP contribution is -2.39. The van der Waals surface area contributed by atoms with Crippen molar-refractivity contribution in [1.29, 1.82) is 0 Å². The molecule has 0 radical (unpaired) electrons. The predicted octanol–water partition coefficient (Wildman–Crippen LogP) is 2.33. The number of rotatable bonds is 6. The summed E-state index contributed by atoms with van der Waals surface area (Å²) >= 11 is 0. The Labute approximate surface area is 153 Å². The first-order chi connectivity index (χ1) is 12.7. The van der Waals surface area contributed by atoms with Crippen LogP contribution in [0.3, 0.4) is 0 Å². The average Bonchev–Trinajstić information content (AvgIpc) is 3.10. The van der Waals surface area contributed by atoms with Crippen LogP contribution in [0.1, 0.15) is 27.9 Å². The Morgan fingerprint density at radius 3 is 2.92 bits per heavy atom. The third-order valence-corrected chi connectivity index (χ3v) is 4.91. The fraction of sp³-hybridized carbons (Fsp3) is 0.400. The molecule has 2 aromatic rings. The fourth-order valence-electron chi connectivity index (χ4n) is 3.54. The molecule has 6 nitrogen and oxygen atoms in total. The van der Waals surface area contributed by atoms with E-state index in [0.29, 0.717) is 5.75 Å². The number of fused-ring (bicyclic) bond motifs is 2. The maximum Gasteiger partial charge on any atom is 0.254 e. The van der Waals surface area contributed by atoms with Crippen molar-refractivity contribution in [3.63, 3.8) is 0 Å². The van der Waals surface area contributed by atoms with Crippen molar-refractivity contribution in [3.05, 3.63) is 53.3 Å². The van der Waals surface area contributed by atoms with Crippen LogP contribution in [0.5, 0.6) is 11.5 Å². The standard InChI is InChI=1S/C20H23N3O3/c1-22(13-15-4-2-6-21-12-15)7-3-8-23-9-5-16-10-18-19(26-14-25-18)11-17(16)20(23)24/h2,4,6,10-12H,3,5,7-9,13-14H2,1H3. The molecule has 0 fully saturated rings. The Morgan fingerprint density at radius 2 is 2.12 bits per heavy atom. The highest BCUT2D eigenvalue weighted by Crippen LogP contribution is 2.36. The summed E-state index contributed by atoms with van der Waals surface area (Å²) in [6.07, 6.45) is 5.49. The number of hydrogen-bond donors (Lipinski definition) is 0. The zero-order chi connectivity index (χ0) is 17.9. The van der Waals surface area contributed by atoms with E-state index >= 15 is 0 Å². The van der Waals surface area contributed by atoms with Gasteiger partial charge in [-0.05, 0) is 55.8 Å². The number of nitrogens with zero attached hydrogens (tertiary/aromatic N) is 3. The highest BCUT2D eigenvalue weighted by Gasteiger charge is 2.27. The number of carbonyl (C=O) groups is 1. The second-order valence-corrected chi connectivity index (χ2v) is 6.86. The third kappa shape index (κ3) is 3.51. The number of ether oxygens (including phenoxy) is 2. The second kappa shape index (κ2) is 7.33. The first-order valence-corrected chi connectivity index (χ1v) is 9.00. The van der Waals surface area contributed by atoms with Crippen LogP contribution in [-0.2, 0) is 13.0 Å². The van der Waals surface area contributed by atoms with Crippen LogP contribution in [0.15, 0.2) is 36.7 Å². The van der Waals surface area contributed by atoms with Gasteiger partial charge >= 0.3 is 0 Å². The summed E-state index contributed by atoms with van der Waals surface area (Å²) in [5, 5.41) is 0. The molecular weight excluding hydrogens is 330 g/mol. The van der Waals surface area contributed by atoms with E-state index < -0.39 is 0 Å².